The van der Waals surface area contributed by atoms with Crippen LogP contribution in [0.2, 0.25) is 0 Å². The van der Waals surface area contributed by atoms with Crippen LogP contribution in [0.25, 0.3) is 10.2 Å². The van der Waals surface area contributed by atoms with E-state index in [1.807, 2.05) is 5.38 Å². The number of nitrogens with one attached hydrogen (secondary N) is 1. The van der Waals surface area contributed by atoms with Crippen LogP contribution in [0.4, 0.5) is 0 Å². The molecule has 8 heteroatoms. The highest BCUT2D eigenvalue weighted by molar-refractivity contribution is 7.16. The highest BCUT2D eigenvalue weighted by Crippen LogP contribution is 2.15. The zero-order valence-electron chi connectivity index (χ0n) is 13.3. The molecule has 0 radical (unpaired) electrons. The van der Waals surface area contributed by atoms with Gasteiger partial charge in [-0.3, -0.25) is 14.2 Å². The second kappa shape index (κ2) is 6.79. The summed E-state index contributed by atoms with van der Waals surface area (Å²) < 4.78 is 6.64. The van der Waals surface area contributed by atoms with Crippen molar-refractivity contribution in [1.29, 1.82) is 0 Å². The van der Waals surface area contributed by atoms with Crippen molar-refractivity contribution in [1.82, 2.24) is 19.9 Å². The molecule has 1 N–H and O–H groups in total. The van der Waals surface area contributed by atoms with E-state index < -0.39 is 0 Å². The molecule has 3 aromatic heterocycles. The number of carbonyl (C=O) groups is 1. The monoisotopic (exact) mass is 344 g/mol. The van der Waals surface area contributed by atoms with Crippen molar-refractivity contribution in [3.8, 4) is 5.88 Å². The zero-order chi connectivity index (χ0) is 17.1. The number of ether oxygens (including phenoxy) is 1. The third-order valence-corrected chi connectivity index (χ3v) is 4.41. The molecule has 3 rings (SSSR count). The standard InChI is InChI=1S/C16H16N4O3S/c1-10-19-15-12(5-9-24-15)16(22)20(10)8-7-17-13(21)11-4-3-6-18-14(11)23-2/h3-6,9H,7-8H2,1-2H3,(H,17,21). The predicted octanol–water partition coefficient (Wildman–Crippen LogP) is 1.60. The van der Waals surface area contributed by atoms with E-state index in [1.165, 1.54) is 18.4 Å². The molecule has 7 nitrogen and oxygen atoms in total. The van der Waals surface area contributed by atoms with E-state index in [1.54, 1.807) is 35.9 Å². The van der Waals surface area contributed by atoms with Crippen molar-refractivity contribution in [2.45, 2.75) is 13.5 Å². The molecule has 0 saturated carbocycles. The molecule has 3 aromatic rings. The normalized spacial score (nSPS) is 10.8. The molecular formula is C16H16N4O3S. The number of methoxy groups -OCH3 is 1. The second-order valence-electron chi connectivity index (χ2n) is 5.07. The van der Waals surface area contributed by atoms with Crippen molar-refractivity contribution in [3.05, 3.63) is 51.5 Å². The summed E-state index contributed by atoms with van der Waals surface area (Å²) in [6, 6.07) is 5.07. The smallest absolute Gasteiger partial charge is 0.262 e. The molecule has 24 heavy (non-hydrogen) atoms. The van der Waals surface area contributed by atoms with E-state index in [-0.39, 0.29) is 17.3 Å². The van der Waals surface area contributed by atoms with Gasteiger partial charge in [-0.05, 0) is 30.5 Å². The van der Waals surface area contributed by atoms with Gasteiger partial charge in [-0.25, -0.2) is 9.97 Å². The number of aryl methyl sites for hydroxylation is 1. The fraction of sp³-hybridized carbons (Fsp3) is 0.250. The number of nitrogens with zero attached hydrogens (tertiary/aromatic N) is 3. The summed E-state index contributed by atoms with van der Waals surface area (Å²) >= 11 is 1.44. The van der Waals surface area contributed by atoms with Crippen molar-refractivity contribution >= 4 is 27.5 Å². The zero-order valence-corrected chi connectivity index (χ0v) is 14.1. The van der Waals surface area contributed by atoms with E-state index in [2.05, 4.69) is 15.3 Å². The van der Waals surface area contributed by atoms with Gasteiger partial charge in [0.25, 0.3) is 11.5 Å². The van der Waals surface area contributed by atoms with Gasteiger partial charge in [0, 0.05) is 19.3 Å². The molecular weight excluding hydrogens is 328 g/mol. The lowest BCUT2D eigenvalue weighted by Gasteiger charge is -2.11. The molecule has 0 aliphatic rings. The number of hydrogen-bond acceptors (Lipinski definition) is 6. The van der Waals surface area contributed by atoms with E-state index in [4.69, 9.17) is 4.74 Å². The van der Waals surface area contributed by atoms with Gasteiger partial charge in [0.05, 0.1) is 12.5 Å². The third kappa shape index (κ3) is 3.00. The third-order valence-electron chi connectivity index (χ3n) is 3.60. The summed E-state index contributed by atoms with van der Waals surface area (Å²) in [5.74, 6) is 0.600. The number of hydrogen-bond donors (Lipinski definition) is 1. The molecule has 0 bridgehead atoms. The molecule has 0 aromatic carbocycles. The van der Waals surface area contributed by atoms with Gasteiger partial charge >= 0.3 is 0 Å². The van der Waals surface area contributed by atoms with Gasteiger partial charge in [0.2, 0.25) is 5.88 Å². The number of thiophene rings is 1. The Morgan fingerprint density at radius 1 is 1.42 bits per heavy atom. The Kier molecular flexibility index (Phi) is 4.57. The van der Waals surface area contributed by atoms with E-state index >= 15 is 0 Å². The van der Waals surface area contributed by atoms with Gasteiger partial charge in [0.1, 0.15) is 16.2 Å². The Hall–Kier alpha value is -2.74. The summed E-state index contributed by atoms with van der Waals surface area (Å²) in [6.45, 7) is 2.43. The highest BCUT2D eigenvalue weighted by Gasteiger charge is 2.13. The molecule has 0 atom stereocenters. The number of pyridine rings is 1. The lowest BCUT2D eigenvalue weighted by molar-refractivity contribution is 0.0948. The van der Waals surface area contributed by atoms with Crippen LogP contribution in [0.3, 0.4) is 0 Å². The maximum Gasteiger partial charge on any atom is 0.262 e. The minimum Gasteiger partial charge on any atom is -0.480 e. The molecule has 0 fully saturated rings. The Labute approximate surface area is 141 Å². The van der Waals surface area contributed by atoms with Crippen molar-refractivity contribution in [2.75, 3.05) is 13.7 Å². The van der Waals surface area contributed by atoms with Crippen molar-refractivity contribution in [3.63, 3.8) is 0 Å². The topological polar surface area (TPSA) is 86.1 Å². The second-order valence-corrected chi connectivity index (χ2v) is 5.97. The first-order valence-corrected chi connectivity index (χ1v) is 8.21. The molecule has 0 spiro atoms. The van der Waals surface area contributed by atoms with Gasteiger partial charge in [-0.1, -0.05) is 0 Å². The van der Waals surface area contributed by atoms with Crippen molar-refractivity contribution < 1.29 is 9.53 Å². The van der Waals surface area contributed by atoms with Crippen LogP contribution in [0.15, 0.2) is 34.6 Å². The summed E-state index contributed by atoms with van der Waals surface area (Å²) in [6.07, 6.45) is 1.56. The Balaban J connectivity index is 1.73. The van der Waals surface area contributed by atoms with Gasteiger partial charge < -0.3 is 10.1 Å². The number of amides is 1. The largest absolute Gasteiger partial charge is 0.480 e. The van der Waals surface area contributed by atoms with E-state index in [0.29, 0.717) is 29.9 Å². The van der Waals surface area contributed by atoms with Crippen molar-refractivity contribution in [2.24, 2.45) is 0 Å². The first-order valence-electron chi connectivity index (χ1n) is 7.33. The number of aromatic nitrogens is 3. The van der Waals surface area contributed by atoms with Crippen LogP contribution in [-0.2, 0) is 6.54 Å². The summed E-state index contributed by atoms with van der Waals surface area (Å²) in [5.41, 5.74) is 0.266. The summed E-state index contributed by atoms with van der Waals surface area (Å²) in [7, 11) is 1.46. The molecule has 0 aliphatic heterocycles. The minimum absolute atomic E-state index is 0.0908. The van der Waals surface area contributed by atoms with E-state index in [9.17, 15) is 9.59 Å². The minimum atomic E-state index is -0.296. The first-order chi connectivity index (χ1) is 11.6. The number of fused-ring (bicyclic) bond motifs is 1. The predicted molar refractivity (Wildman–Crippen MR) is 91.7 cm³/mol. The molecule has 0 aliphatic carbocycles. The molecule has 3 heterocycles. The maximum absolute atomic E-state index is 12.4. The first kappa shape index (κ1) is 16.1. The molecule has 0 unspecified atom stereocenters. The summed E-state index contributed by atoms with van der Waals surface area (Å²) in [4.78, 5) is 33.8. The van der Waals surface area contributed by atoms with Gasteiger partial charge in [0.15, 0.2) is 0 Å². The van der Waals surface area contributed by atoms with Gasteiger partial charge in [-0.2, -0.15) is 0 Å². The van der Waals surface area contributed by atoms with E-state index in [0.717, 1.165) is 4.83 Å². The van der Waals surface area contributed by atoms with Crippen LogP contribution in [0.1, 0.15) is 16.2 Å². The van der Waals surface area contributed by atoms with Crippen LogP contribution in [-0.4, -0.2) is 34.1 Å². The quantitative estimate of drug-likeness (QED) is 0.760. The molecule has 124 valence electrons. The maximum atomic E-state index is 12.4. The fourth-order valence-corrected chi connectivity index (χ4v) is 3.22. The Bertz CT molecular complexity index is 948. The van der Waals surface area contributed by atoms with Crippen LogP contribution in [0, 0.1) is 6.92 Å². The number of carbonyl (C=O) groups excluding carboxylic acids is 1. The lowest BCUT2D eigenvalue weighted by atomic mass is 10.2. The highest BCUT2D eigenvalue weighted by atomic mass is 32.1. The van der Waals surface area contributed by atoms with Crippen LogP contribution >= 0.6 is 11.3 Å². The summed E-state index contributed by atoms with van der Waals surface area (Å²) in [5, 5.41) is 5.22. The molecule has 1 amide bonds. The van der Waals surface area contributed by atoms with Crippen LogP contribution < -0.4 is 15.6 Å². The lowest BCUT2D eigenvalue weighted by Crippen LogP contribution is -2.32. The van der Waals surface area contributed by atoms with Gasteiger partial charge in [-0.15, -0.1) is 11.3 Å². The fourth-order valence-electron chi connectivity index (χ4n) is 2.42. The molecule has 0 saturated heterocycles. The van der Waals surface area contributed by atoms with Crippen LogP contribution in [0.5, 0.6) is 5.88 Å². The SMILES string of the molecule is COc1ncccc1C(=O)NCCn1c(C)nc2sccc2c1=O. The Morgan fingerprint density at radius 3 is 3.04 bits per heavy atom. The average molecular weight is 344 g/mol. The number of rotatable bonds is 5. The Morgan fingerprint density at radius 2 is 2.25 bits per heavy atom. The average Bonchev–Trinajstić information content (AvgIpc) is 3.06.